The number of aromatic nitrogens is 3. The third-order valence-corrected chi connectivity index (χ3v) is 4.26. The van der Waals surface area contributed by atoms with Crippen molar-refractivity contribution < 1.29 is 0 Å². The van der Waals surface area contributed by atoms with Gasteiger partial charge in [0.05, 0.1) is 0 Å². The van der Waals surface area contributed by atoms with E-state index in [1.807, 2.05) is 7.05 Å². The zero-order valence-electron chi connectivity index (χ0n) is 13.4. The summed E-state index contributed by atoms with van der Waals surface area (Å²) in [4.78, 5) is 19.7. The van der Waals surface area contributed by atoms with E-state index < -0.39 is 0 Å². The maximum atomic E-state index is 6.09. The summed E-state index contributed by atoms with van der Waals surface area (Å²) in [6, 6.07) is 0.423. The first-order chi connectivity index (χ1) is 10.0. The molecule has 1 unspecified atom stereocenters. The molecule has 0 N–H and O–H groups in total. The molecule has 6 nitrogen and oxygen atoms in total. The maximum absolute atomic E-state index is 6.09. The van der Waals surface area contributed by atoms with Crippen LogP contribution in [0.5, 0.6) is 0 Å². The average Bonchev–Trinajstić information content (AvgIpc) is 2.47. The topological polar surface area (TPSA) is 48.4 Å². The van der Waals surface area contributed by atoms with Crippen molar-refractivity contribution >= 4 is 23.5 Å². The minimum absolute atomic E-state index is 0.262. The molecule has 0 aliphatic carbocycles. The van der Waals surface area contributed by atoms with Gasteiger partial charge in [0.2, 0.25) is 17.2 Å². The maximum Gasteiger partial charge on any atom is 0.231 e. The van der Waals surface area contributed by atoms with Gasteiger partial charge in [0, 0.05) is 32.7 Å². The zero-order chi connectivity index (χ0) is 15.4. The van der Waals surface area contributed by atoms with Crippen LogP contribution < -0.4 is 9.80 Å². The normalized spacial score (nSPS) is 19.6. The van der Waals surface area contributed by atoms with Gasteiger partial charge >= 0.3 is 0 Å². The lowest BCUT2D eigenvalue weighted by Crippen LogP contribution is -2.45. The fraction of sp³-hybridized carbons (Fsp3) is 0.786. The monoisotopic (exact) mass is 312 g/mol. The highest BCUT2D eigenvalue weighted by Crippen LogP contribution is 2.21. The predicted molar refractivity (Wildman–Crippen MR) is 87.3 cm³/mol. The second-order valence-corrected chi connectivity index (χ2v) is 5.88. The molecule has 1 aromatic heterocycles. The Morgan fingerprint density at radius 1 is 1.19 bits per heavy atom. The van der Waals surface area contributed by atoms with Crippen molar-refractivity contribution in [3.63, 3.8) is 0 Å². The second kappa shape index (κ2) is 7.22. The molecule has 0 bridgehead atoms. The SMILES string of the molecule is CCN(CC)c1nc(Cl)nc(N(C)C2CCCN(C)C2)n1. The molecule has 2 rings (SSSR count). The predicted octanol–water partition coefficient (Wildman–Crippen LogP) is 1.90. The molecule has 21 heavy (non-hydrogen) atoms. The van der Waals surface area contributed by atoms with Gasteiger partial charge in [-0.15, -0.1) is 0 Å². The lowest BCUT2D eigenvalue weighted by atomic mass is 10.1. The molecule has 0 aromatic carbocycles. The minimum atomic E-state index is 0.262. The van der Waals surface area contributed by atoms with Crippen molar-refractivity contribution in [2.24, 2.45) is 0 Å². The van der Waals surface area contributed by atoms with Gasteiger partial charge < -0.3 is 14.7 Å². The van der Waals surface area contributed by atoms with Gasteiger partial charge in [0.1, 0.15) is 0 Å². The summed E-state index contributed by atoms with van der Waals surface area (Å²) in [6.45, 7) is 8.06. The first kappa shape index (κ1) is 16.2. The molecule has 1 saturated heterocycles. The van der Waals surface area contributed by atoms with Gasteiger partial charge in [0.15, 0.2) is 0 Å². The standard InChI is InChI=1S/C14H25ClN6/c1-5-21(6-2)14-17-12(15)16-13(18-14)20(4)11-8-7-9-19(3)10-11/h11H,5-10H2,1-4H3. The Kier molecular flexibility index (Phi) is 5.58. The third-order valence-electron chi connectivity index (χ3n) is 4.09. The van der Waals surface area contributed by atoms with E-state index in [-0.39, 0.29) is 5.28 Å². The van der Waals surface area contributed by atoms with Crippen molar-refractivity contribution in [2.75, 3.05) is 50.1 Å². The van der Waals surface area contributed by atoms with Crippen LogP contribution in [0.1, 0.15) is 26.7 Å². The number of piperidine rings is 1. The summed E-state index contributed by atoms with van der Waals surface area (Å²) in [5, 5.41) is 0.262. The number of anilines is 2. The molecule has 1 atom stereocenters. The molecular formula is C14H25ClN6. The molecule has 0 spiro atoms. The fourth-order valence-corrected chi connectivity index (χ4v) is 2.90. The van der Waals surface area contributed by atoms with Gasteiger partial charge in [-0.1, -0.05) is 0 Å². The quantitative estimate of drug-likeness (QED) is 0.827. The number of hydrogen-bond acceptors (Lipinski definition) is 6. The largest absolute Gasteiger partial charge is 0.341 e. The molecule has 1 fully saturated rings. The van der Waals surface area contributed by atoms with E-state index in [1.165, 1.54) is 6.42 Å². The van der Waals surface area contributed by atoms with Crippen molar-refractivity contribution in [2.45, 2.75) is 32.7 Å². The smallest absolute Gasteiger partial charge is 0.231 e. The van der Waals surface area contributed by atoms with E-state index in [0.717, 1.165) is 32.6 Å². The Balaban J connectivity index is 2.22. The second-order valence-electron chi connectivity index (χ2n) is 5.55. The Hall–Kier alpha value is -1.14. The van der Waals surface area contributed by atoms with Gasteiger partial charge in [0.25, 0.3) is 0 Å². The summed E-state index contributed by atoms with van der Waals surface area (Å²) in [5.41, 5.74) is 0. The molecule has 1 aliphatic rings. The summed E-state index contributed by atoms with van der Waals surface area (Å²) < 4.78 is 0. The van der Waals surface area contributed by atoms with Crippen LogP contribution in [-0.2, 0) is 0 Å². The van der Waals surface area contributed by atoms with Crippen LogP contribution in [0.15, 0.2) is 0 Å². The van der Waals surface area contributed by atoms with Crippen LogP contribution in [0.25, 0.3) is 0 Å². The number of hydrogen-bond donors (Lipinski definition) is 0. The average molecular weight is 313 g/mol. The molecule has 0 saturated carbocycles. The van der Waals surface area contributed by atoms with Crippen molar-refractivity contribution in [3.05, 3.63) is 5.28 Å². The van der Waals surface area contributed by atoms with E-state index >= 15 is 0 Å². The number of nitrogens with zero attached hydrogens (tertiary/aromatic N) is 6. The first-order valence-corrected chi connectivity index (χ1v) is 8.00. The lowest BCUT2D eigenvalue weighted by molar-refractivity contribution is 0.247. The van der Waals surface area contributed by atoms with E-state index in [4.69, 9.17) is 11.6 Å². The summed E-state index contributed by atoms with van der Waals surface area (Å²) in [5.74, 6) is 1.32. The van der Waals surface area contributed by atoms with Crippen LogP contribution in [0.4, 0.5) is 11.9 Å². The lowest BCUT2D eigenvalue weighted by Gasteiger charge is -2.36. The highest BCUT2D eigenvalue weighted by Gasteiger charge is 2.24. The fourth-order valence-electron chi connectivity index (χ4n) is 2.75. The molecule has 118 valence electrons. The highest BCUT2D eigenvalue weighted by molar-refractivity contribution is 6.28. The highest BCUT2D eigenvalue weighted by atomic mass is 35.5. The van der Waals surface area contributed by atoms with Gasteiger partial charge in [-0.25, -0.2) is 0 Å². The Morgan fingerprint density at radius 3 is 2.48 bits per heavy atom. The Morgan fingerprint density at radius 2 is 1.86 bits per heavy atom. The van der Waals surface area contributed by atoms with Crippen LogP contribution in [0.2, 0.25) is 5.28 Å². The molecule has 7 heteroatoms. The third kappa shape index (κ3) is 3.95. The van der Waals surface area contributed by atoms with E-state index in [9.17, 15) is 0 Å². The molecule has 1 aromatic rings. The van der Waals surface area contributed by atoms with Gasteiger partial charge in [-0.05, 0) is 51.9 Å². The minimum Gasteiger partial charge on any atom is -0.341 e. The molecular weight excluding hydrogens is 288 g/mol. The van der Waals surface area contributed by atoms with Crippen molar-refractivity contribution in [3.8, 4) is 0 Å². The number of halogens is 1. The van der Waals surface area contributed by atoms with Crippen molar-refractivity contribution in [1.82, 2.24) is 19.9 Å². The van der Waals surface area contributed by atoms with Crippen molar-refractivity contribution in [1.29, 1.82) is 0 Å². The van der Waals surface area contributed by atoms with Crippen LogP contribution >= 0.6 is 11.6 Å². The van der Waals surface area contributed by atoms with Crippen LogP contribution in [-0.4, -0.2) is 66.2 Å². The number of rotatable bonds is 5. The van der Waals surface area contributed by atoms with Gasteiger partial charge in [-0.2, -0.15) is 15.0 Å². The Labute approximate surface area is 132 Å². The number of likely N-dealkylation sites (N-methyl/N-ethyl adjacent to an activating group) is 2. The zero-order valence-corrected chi connectivity index (χ0v) is 14.1. The molecule has 0 amide bonds. The first-order valence-electron chi connectivity index (χ1n) is 7.63. The van der Waals surface area contributed by atoms with Crippen LogP contribution in [0, 0.1) is 0 Å². The summed E-state index contributed by atoms with van der Waals surface area (Å²) in [7, 11) is 4.20. The van der Waals surface area contributed by atoms with Gasteiger partial charge in [-0.3, -0.25) is 0 Å². The molecule has 0 radical (unpaired) electrons. The van der Waals surface area contributed by atoms with E-state index in [0.29, 0.717) is 17.9 Å². The Bertz CT molecular complexity index is 465. The molecule has 2 heterocycles. The summed E-state index contributed by atoms with van der Waals surface area (Å²) in [6.07, 6.45) is 2.36. The summed E-state index contributed by atoms with van der Waals surface area (Å²) >= 11 is 6.09. The van der Waals surface area contributed by atoms with E-state index in [2.05, 4.69) is 50.5 Å². The van der Waals surface area contributed by atoms with E-state index in [1.54, 1.807) is 0 Å². The molecule has 1 aliphatic heterocycles. The number of likely N-dealkylation sites (tertiary alicyclic amines) is 1. The van der Waals surface area contributed by atoms with Crippen LogP contribution in [0.3, 0.4) is 0 Å².